The molecule has 1 rings (SSSR count). The average Bonchev–Trinajstić information content (AvgIpc) is 2.38. The Morgan fingerprint density at radius 2 is 1.95 bits per heavy atom. The molecule has 1 aromatic carbocycles. The van der Waals surface area contributed by atoms with E-state index in [1.54, 1.807) is 18.2 Å². The number of aliphatic hydroxyl groups excluding tert-OH is 1. The number of carbonyl (C=O) groups is 2. The van der Waals surface area contributed by atoms with E-state index < -0.39 is 5.41 Å². The topological polar surface area (TPSA) is 66.4 Å². The highest BCUT2D eigenvalue weighted by Gasteiger charge is 2.20. The quantitative estimate of drug-likeness (QED) is 0.838. The molecule has 0 aliphatic rings. The predicted octanol–water partition coefficient (Wildman–Crippen LogP) is 2.42. The molecule has 19 heavy (non-hydrogen) atoms. The molecule has 0 fully saturated rings. The van der Waals surface area contributed by atoms with E-state index in [1.807, 2.05) is 20.8 Å². The number of aldehydes is 1. The number of hydrogen-bond donors (Lipinski definition) is 2. The maximum absolute atomic E-state index is 11.7. The zero-order valence-corrected chi connectivity index (χ0v) is 12.4. The number of hydrogen-bond acceptors (Lipinski definition) is 3. The van der Waals surface area contributed by atoms with Crippen LogP contribution in [0.3, 0.4) is 0 Å². The van der Waals surface area contributed by atoms with Crippen LogP contribution in [0.2, 0.25) is 5.02 Å². The van der Waals surface area contributed by atoms with E-state index in [9.17, 15) is 9.59 Å². The Kier molecular flexibility index (Phi) is 7.34. The number of aliphatic hydroxyl groups is 1. The Labute approximate surface area is 118 Å². The number of halogens is 1. The number of carbonyl (C=O) groups excluding carboxylic acids is 2. The fraction of sp³-hybridized carbons (Fsp3) is 0.429. The number of rotatable bonds is 3. The van der Waals surface area contributed by atoms with Crippen molar-refractivity contribution in [2.45, 2.75) is 27.3 Å². The van der Waals surface area contributed by atoms with Gasteiger partial charge in [-0.15, -0.1) is 0 Å². The smallest absolute Gasteiger partial charge is 0.225 e. The van der Waals surface area contributed by atoms with E-state index >= 15 is 0 Å². The van der Waals surface area contributed by atoms with Crippen LogP contribution < -0.4 is 5.32 Å². The summed E-state index contributed by atoms with van der Waals surface area (Å²) in [5.41, 5.74) is 0.878. The molecule has 0 saturated heterocycles. The van der Waals surface area contributed by atoms with Crippen LogP contribution in [0.1, 0.15) is 36.7 Å². The van der Waals surface area contributed by atoms with Crippen molar-refractivity contribution in [2.24, 2.45) is 5.41 Å². The van der Waals surface area contributed by atoms with Crippen molar-refractivity contribution in [3.8, 4) is 0 Å². The molecule has 0 spiro atoms. The van der Waals surface area contributed by atoms with Crippen LogP contribution in [0, 0.1) is 5.41 Å². The first kappa shape index (κ1) is 17.6. The number of amides is 1. The van der Waals surface area contributed by atoms with Crippen molar-refractivity contribution >= 4 is 23.8 Å². The fourth-order valence-corrected chi connectivity index (χ4v) is 1.40. The molecule has 0 unspecified atom stereocenters. The molecule has 0 aliphatic heterocycles. The SMILES string of the molecule is CC(C)(C)C(=O)NCc1ccc(Cl)c(C=O)c1.CO. The summed E-state index contributed by atoms with van der Waals surface area (Å²) in [6.07, 6.45) is 0.706. The van der Waals surface area contributed by atoms with Gasteiger partial charge in [-0.1, -0.05) is 38.4 Å². The third kappa shape index (κ3) is 5.85. The monoisotopic (exact) mass is 285 g/mol. The first-order valence-corrected chi connectivity index (χ1v) is 6.19. The van der Waals surface area contributed by atoms with Gasteiger partial charge in [-0.05, 0) is 17.7 Å². The number of benzene rings is 1. The maximum atomic E-state index is 11.7. The molecular formula is C14H20ClNO3. The van der Waals surface area contributed by atoms with Gasteiger partial charge in [0.2, 0.25) is 5.91 Å². The lowest BCUT2D eigenvalue weighted by Gasteiger charge is -2.17. The molecule has 1 aromatic rings. The Morgan fingerprint density at radius 1 is 1.37 bits per heavy atom. The van der Waals surface area contributed by atoms with Gasteiger partial charge in [0.05, 0.1) is 5.02 Å². The van der Waals surface area contributed by atoms with Crippen molar-refractivity contribution in [1.29, 1.82) is 0 Å². The summed E-state index contributed by atoms with van der Waals surface area (Å²) < 4.78 is 0. The van der Waals surface area contributed by atoms with Crippen LogP contribution in [0.25, 0.3) is 0 Å². The second-order valence-corrected chi connectivity index (χ2v) is 5.31. The van der Waals surface area contributed by atoms with Gasteiger partial charge in [0.25, 0.3) is 0 Å². The largest absolute Gasteiger partial charge is 0.400 e. The van der Waals surface area contributed by atoms with Gasteiger partial charge < -0.3 is 10.4 Å². The van der Waals surface area contributed by atoms with Crippen molar-refractivity contribution in [1.82, 2.24) is 5.32 Å². The average molecular weight is 286 g/mol. The minimum atomic E-state index is -0.417. The van der Waals surface area contributed by atoms with Gasteiger partial charge in [-0.25, -0.2) is 0 Å². The van der Waals surface area contributed by atoms with Crippen LogP contribution in [-0.4, -0.2) is 24.4 Å². The van der Waals surface area contributed by atoms with E-state index in [-0.39, 0.29) is 5.91 Å². The van der Waals surface area contributed by atoms with Gasteiger partial charge in [0, 0.05) is 24.6 Å². The molecule has 0 radical (unpaired) electrons. The van der Waals surface area contributed by atoms with Crippen molar-refractivity contribution in [2.75, 3.05) is 7.11 Å². The predicted molar refractivity (Wildman–Crippen MR) is 76.3 cm³/mol. The molecule has 0 aliphatic carbocycles. The Hall–Kier alpha value is -1.39. The van der Waals surface area contributed by atoms with Gasteiger partial charge >= 0.3 is 0 Å². The third-order valence-electron chi connectivity index (χ3n) is 2.32. The normalized spacial score (nSPS) is 10.2. The van der Waals surface area contributed by atoms with E-state index in [2.05, 4.69) is 5.32 Å². The molecule has 1 amide bonds. The summed E-state index contributed by atoms with van der Waals surface area (Å²) in [6, 6.07) is 5.13. The molecule has 0 heterocycles. The summed E-state index contributed by atoms with van der Waals surface area (Å²) in [5, 5.41) is 10.2. The Balaban J connectivity index is 0.00000154. The zero-order valence-electron chi connectivity index (χ0n) is 11.7. The van der Waals surface area contributed by atoms with E-state index in [0.29, 0.717) is 23.4 Å². The molecule has 0 bridgehead atoms. The second-order valence-electron chi connectivity index (χ2n) is 4.91. The zero-order chi connectivity index (χ0) is 15.1. The van der Waals surface area contributed by atoms with Gasteiger partial charge in [0.1, 0.15) is 0 Å². The van der Waals surface area contributed by atoms with Crippen LogP contribution in [-0.2, 0) is 11.3 Å². The highest BCUT2D eigenvalue weighted by molar-refractivity contribution is 6.32. The molecule has 0 saturated carbocycles. The van der Waals surface area contributed by atoms with Crippen molar-refractivity contribution < 1.29 is 14.7 Å². The van der Waals surface area contributed by atoms with Crippen molar-refractivity contribution in [3.63, 3.8) is 0 Å². The van der Waals surface area contributed by atoms with Gasteiger partial charge in [0.15, 0.2) is 6.29 Å². The molecule has 106 valence electrons. The minimum Gasteiger partial charge on any atom is -0.400 e. The summed E-state index contributed by atoms with van der Waals surface area (Å²) in [7, 11) is 1.00. The molecule has 2 N–H and O–H groups in total. The van der Waals surface area contributed by atoms with Crippen LogP contribution >= 0.6 is 11.6 Å². The lowest BCUT2D eigenvalue weighted by molar-refractivity contribution is -0.128. The number of nitrogens with one attached hydrogen (secondary N) is 1. The second kappa shape index (κ2) is 7.92. The molecular weight excluding hydrogens is 266 g/mol. The Bertz CT molecular complexity index is 439. The molecule has 0 atom stereocenters. The van der Waals surface area contributed by atoms with Crippen molar-refractivity contribution in [3.05, 3.63) is 34.3 Å². The van der Waals surface area contributed by atoms with Crippen LogP contribution in [0.15, 0.2) is 18.2 Å². The van der Waals surface area contributed by atoms with Crippen LogP contribution in [0.4, 0.5) is 0 Å². The van der Waals surface area contributed by atoms with Gasteiger partial charge in [-0.3, -0.25) is 9.59 Å². The standard InChI is InChI=1S/C13H16ClNO2.CH4O/c1-13(2,3)12(17)15-7-9-4-5-11(14)10(6-9)8-16;1-2/h4-6,8H,7H2,1-3H3,(H,15,17);2H,1H3. The summed E-state index contributed by atoms with van der Waals surface area (Å²) >= 11 is 5.81. The summed E-state index contributed by atoms with van der Waals surface area (Å²) in [6.45, 7) is 5.94. The lowest BCUT2D eigenvalue weighted by Crippen LogP contribution is -2.34. The first-order chi connectivity index (χ1) is 8.84. The molecule has 0 aromatic heterocycles. The van der Waals surface area contributed by atoms with E-state index in [0.717, 1.165) is 12.7 Å². The van der Waals surface area contributed by atoms with E-state index in [4.69, 9.17) is 16.7 Å². The third-order valence-corrected chi connectivity index (χ3v) is 2.67. The molecule has 4 nitrogen and oxygen atoms in total. The summed E-state index contributed by atoms with van der Waals surface area (Å²) in [4.78, 5) is 22.4. The lowest BCUT2D eigenvalue weighted by atomic mass is 9.95. The highest BCUT2D eigenvalue weighted by atomic mass is 35.5. The molecule has 5 heteroatoms. The first-order valence-electron chi connectivity index (χ1n) is 5.81. The van der Waals surface area contributed by atoms with Crippen LogP contribution in [0.5, 0.6) is 0 Å². The minimum absolute atomic E-state index is 0.0277. The van der Waals surface area contributed by atoms with Gasteiger partial charge in [-0.2, -0.15) is 0 Å². The Morgan fingerprint density at radius 3 is 2.42 bits per heavy atom. The fourth-order valence-electron chi connectivity index (χ4n) is 1.24. The highest BCUT2D eigenvalue weighted by Crippen LogP contribution is 2.17. The maximum Gasteiger partial charge on any atom is 0.225 e. The summed E-state index contributed by atoms with van der Waals surface area (Å²) in [5.74, 6) is -0.0277. The van der Waals surface area contributed by atoms with E-state index in [1.165, 1.54) is 0 Å².